The van der Waals surface area contributed by atoms with Crippen molar-refractivity contribution in [3.8, 4) is 0 Å². The highest BCUT2D eigenvalue weighted by atomic mass is 19.4. The molecule has 0 aromatic heterocycles. The van der Waals surface area contributed by atoms with Gasteiger partial charge in [0.15, 0.2) is 0 Å². The second-order valence-electron chi connectivity index (χ2n) is 8.43. The third-order valence-corrected chi connectivity index (χ3v) is 5.07. The first-order valence-corrected chi connectivity index (χ1v) is 12.3. The van der Waals surface area contributed by atoms with Gasteiger partial charge >= 0.3 is 35.8 Å². The van der Waals surface area contributed by atoms with E-state index in [1.165, 1.54) is 5.32 Å². The van der Waals surface area contributed by atoms with Crippen molar-refractivity contribution in [1.82, 2.24) is 5.32 Å². The van der Waals surface area contributed by atoms with Gasteiger partial charge in [0.2, 0.25) is 5.91 Å². The summed E-state index contributed by atoms with van der Waals surface area (Å²) in [4.78, 5) is 11.4. The number of hydrogen-bond acceptors (Lipinski definition) is 7. The molecule has 0 unspecified atom stereocenters. The molecule has 1 amide bonds. The first-order valence-electron chi connectivity index (χ1n) is 12.3. The topological polar surface area (TPSA) is 84.5 Å². The highest BCUT2D eigenvalue weighted by Crippen LogP contribution is 2.60. The highest BCUT2D eigenvalue weighted by molar-refractivity contribution is 5.77. The van der Waals surface area contributed by atoms with Crippen molar-refractivity contribution in [1.29, 1.82) is 0 Å². The number of amides is 1. The van der Waals surface area contributed by atoms with Gasteiger partial charge in [-0.2, -0.15) is 57.1 Å². The van der Waals surface area contributed by atoms with E-state index in [4.69, 9.17) is 28.4 Å². The smallest absolute Gasteiger partial charge is 0.382 e. The van der Waals surface area contributed by atoms with Gasteiger partial charge in [0.05, 0.1) is 65.9 Å². The molecule has 0 fully saturated rings. The summed E-state index contributed by atoms with van der Waals surface area (Å²) in [6.45, 7) is 1.69. The van der Waals surface area contributed by atoms with Crippen LogP contribution in [0.15, 0.2) is 0 Å². The Morgan fingerprint density at radius 2 is 0.884 bits per heavy atom. The molecule has 8 nitrogen and oxygen atoms in total. The van der Waals surface area contributed by atoms with Crippen molar-refractivity contribution < 1.29 is 90.3 Å². The van der Waals surface area contributed by atoms with Gasteiger partial charge in [0.1, 0.15) is 0 Å². The Bertz CT molecular complexity index is 787. The lowest BCUT2D eigenvalue weighted by molar-refractivity contribution is -0.439. The van der Waals surface area contributed by atoms with Crippen LogP contribution in [0.25, 0.3) is 0 Å². The molecular formula is C22H32F13NO7. The fraction of sp³-hybridized carbons (Fsp3) is 0.955. The lowest BCUT2D eigenvalue weighted by atomic mass is 9.92. The summed E-state index contributed by atoms with van der Waals surface area (Å²) in [5.41, 5.74) is 0. The van der Waals surface area contributed by atoms with Crippen molar-refractivity contribution in [3.63, 3.8) is 0 Å². The van der Waals surface area contributed by atoms with Gasteiger partial charge in [-0.15, -0.1) is 0 Å². The Kier molecular flexibility index (Phi) is 17.6. The van der Waals surface area contributed by atoms with Gasteiger partial charge < -0.3 is 33.7 Å². The largest absolute Gasteiger partial charge is 0.460 e. The highest BCUT2D eigenvalue weighted by Gasteiger charge is 2.90. The predicted molar refractivity (Wildman–Crippen MR) is 119 cm³/mol. The molecule has 43 heavy (non-hydrogen) atoms. The summed E-state index contributed by atoms with van der Waals surface area (Å²) < 4.78 is 200. The minimum atomic E-state index is -8.02. The van der Waals surface area contributed by atoms with E-state index < -0.39 is 61.3 Å². The summed E-state index contributed by atoms with van der Waals surface area (Å²) in [6.07, 6.45) is -9.85. The zero-order valence-electron chi connectivity index (χ0n) is 22.7. The molecule has 0 saturated carbocycles. The third-order valence-electron chi connectivity index (χ3n) is 5.07. The molecule has 258 valence electrons. The number of ether oxygens (including phenoxy) is 6. The Morgan fingerprint density at radius 3 is 1.30 bits per heavy atom. The number of nitrogens with one attached hydrogen (secondary N) is 1. The summed E-state index contributed by atoms with van der Waals surface area (Å²) in [5.74, 6) is -39.9. The molecule has 0 aromatic carbocycles. The van der Waals surface area contributed by atoms with E-state index in [0.717, 1.165) is 0 Å². The standard InChI is InChI=1S/C22H32F13NO7/c1-38-7-8-42-12-9-39-4-2-5-40-10-13-43-14-11-41-6-3-36-16(37)15-17(23,24)18(25,26)19(27,28)20(29,30)21(31,32)22(33,34)35/h2-15H2,1H3,(H,36,37). The Labute approximate surface area is 237 Å². The van der Waals surface area contributed by atoms with Crippen LogP contribution in [0.2, 0.25) is 0 Å². The average Bonchev–Trinajstić information content (AvgIpc) is 2.88. The fourth-order valence-corrected chi connectivity index (χ4v) is 2.71. The lowest BCUT2D eigenvalue weighted by Gasteiger charge is -2.39. The average molecular weight is 669 g/mol. The predicted octanol–water partition coefficient (Wildman–Crippen LogP) is 4.35. The van der Waals surface area contributed by atoms with E-state index in [-0.39, 0.29) is 26.4 Å². The zero-order chi connectivity index (χ0) is 33.4. The van der Waals surface area contributed by atoms with Crippen LogP contribution in [0.4, 0.5) is 57.1 Å². The number of methoxy groups -OCH3 is 1. The second kappa shape index (κ2) is 18.3. The monoisotopic (exact) mass is 669 g/mol. The normalized spacial score (nSPS) is 13.9. The Balaban J connectivity index is 4.22. The molecule has 0 aromatic rings. The molecule has 0 radical (unpaired) electrons. The molecule has 21 heteroatoms. The minimum Gasteiger partial charge on any atom is -0.382 e. The second-order valence-corrected chi connectivity index (χ2v) is 8.43. The van der Waals surface area contributed by atoms with Crippen LogP contribution in [0, 0.1) is 0 Å². The van der Waals surface area contributed by atoms with E-state index in [1.54, 1.807) is 7.11 Å². The van der Waals surface area contributed by atoms with Gasteiger partial charge in [-0.25, -0.2) is 0 Å². The van der Waals surface area contributed by atoms with E-state index in [9.17, 15) is 61.9 Å². The first-order chi connectivity index (χ1) is 19.7. The molecular weight excluding hydrogens is 637 g/mol. The van der Waals surface area contributed by atoms with E-state index in [0.29, 0.717) is 46.1 Å². The van der Waals surface area contributed by atoms with E-state index >= 15 is 0 Å². The summed E-state index contributed by atoms with van der Waals surface area (Å²) in [7, 11) is 1.55. The molecule has 0 aliphatic rings. The maximum Gasteiger partial charge on any atom is 0.460 e. The zero-order valence-corrected chi connectivity index (χ0v) is 22.7. The molecule has 1 N–H and O–H groups in total. The maximum atomic E-state index is 13.7. The summed E-state index contributed by atoms with van der Waals surface area (Å²) in [6, 6.07) is 0. The van der Waals surface area contributed by atoms with Crippen LogP contribution in [0.1, 0.15) is 12.8 Å². The molecule has 0 aliphatic heterocycles. The van der Waals surface area contributed by atoms with Crippen LogP contribution in [0.5, 0.6) is 0 Å². The third kappa shape index (κ3) is 12.3. The van der Waals surface area contributed by atoms with Crippen LogP contribution in [-0.4, -0.2) is 128 Å². The number of hydrogen-bond donors (Lipinski definition) is 1. The first kappa shape index (κ1) is 41.3. The number of halogens is 13. The van der Waals surface area contributed by atoms with Crippen molar-refractivity contribution in [2.45, 2.75) is 48.6 Å². The molecule has 0 spiro atoms. The molecule has 0 bridgehead atoms. The number of carbonyl (C=O) groups excluding carboxylic acids is 1. The van der Waals surface area contributed by atoms with Gasteiger partial charge in [-0.1, -0.05) is 0 Å². The number of rotatable bonds is 25. The van der Waals surface area contributed by atoms with Gasteiger partial charge in [0.25, 0.3) is 0 Å². The van der Waals surface area contributed by atoms with Crippen LogP contribution in [0.3, 0.4) is 0 Å². The number of carbonyl (C=O) groups is 1. The Morgan fingerprint density at radius 1 is 0.512 bits per heavy atom. The van der Waals surface area contributed by atoms with Crippen LogP contribution < -0.4 is 5.32 Å². The van der Waals surface area contributed by atoms with Gasteiger partial charge in [0, 0.05) is 26.9 Å². The van der Waals surface area contributed by atoms with Crippen LogP contribution >= 0.6 is 0 Å². The van der Waals surface area contributed by atoms with E-state index in [2.05, 4.69) is 0 Å². The van der Waals surface area contributed by atoms with Crippen molar-refractivity contribution in [2.75, 3.05) is 86.3 Å². The van der Waals surface area contributed by atoms with Crippen molar-refractivity contribution in [2.24, 2.45) is 0 Å². The lowest BCUT2D eigenvalue weighted by Crippen LogP contribution is -2.70. The summed E-state index contributed by atoms with van der Waals surface area (Å²) >= 11 is 0. The summed E-state index contributed by atoms with van der Waals surface area (Å²) in [5, 5.41) is 1.49. The van der Waals surface area contributed by atoms with Crippen LogP contribution in [-0.2, 0) is 33.2 Å². The number of alkyl halides is 13. The minimum absolute atomic E-state index is 0.0142. The molecule has 0 rings (SSSR count). The SMILES string of the molecule is COCCOCCOCCCOCCOCCOCCNC(=O)CC(F)(F)C(F)(F)C(F)(F)C(F)(F)C(F)(F)C(F)(F)F. The van der Waals surface area contributed by atoms with Gasteiger partial charge in [-0.05, 0) is 6.42 Å². The van der Waals surface area contributed by atoms with Crippen molar-refractivity contribution in [3.05, 3.63) is 0 Å². The molecule has 0 aliphatic carbocycles. The molecule has 0 saturated heterocycles. The quantitative estimate of drug-likeness (QED) is 0.114. The van der Waals surface area contributed by atoms with Crippen molar-refractivity contribution >= 4 is 5.91 Å². The Hall–Kier alpha value is -1.68. The molecule has 0 atom stereocenters. The molecule has 0 heterocycles. The maximum absolute atomic E-state index is 13.7. The van der Waals surface area contributed by atoms with E-state index in [1.807, 2.05) is 0 Å². The van der Waals surface area contributed by atoms with Gasteiger partial charge in [-0.3, -0.25) is 4.79 Å². The fourth-order valence-electron chi connectivity index (χ4n) is 2.71.